The lowest BCUT2D eigenvalue weighted by Crippen LogP contribution is -2.30. The number of carbonyl (C=O) groups is 2. The Balaban J connectivity index is 2.27. The Morgan fingerprint density at radius 2 is 1.68 bits per heavy atom. The van der Waals surface area contributed by atoms with Crippen molar-refractivity contribution >= 4 is 11.8 Å². The predicted molar refractivity (Wildman–Crippen MR) is 86.9 cm³/mol. The molecule has 4 unspecified atom stereocenters. The molecule has 1 aliphatic rings. The summed E-state index contributed by atoms with van der Waals surface area (Å²) in [6, 6.07) is 4.18. The normalized spacial score (nSPS) is 27.9. The van der Waals surface area contributed by atoms with Gasteiger partial charge in [-0.05, 0) is 55.7 Å². The van der Waals surface area contributed by atoms with Gasteiger partial charge in [-0.3, -0.25) is 9.59 Å². The third-order valence-electron chi connectivity index (χ3n) is 5.40. The van der Waals surface area contributed by atoms with E-state index in [0.29, 0.717) is 12.8 Å². The molecule has 0 amide bonds. The van der Waals surface area contributed by atoms with Crippen LogP contribution in [0.3, 0.4) is 0 Å². The van der Waals surface area contributed by atoms with Crippen LogP contribution in [-0.4, -0.2) is 16.9 Å². The first-order valence-electron chi connectivity index (χ1n) is 8.04. The van der Waals surface area contributed by atoms with Crippen molar-refractivity contribution in [1.82, 2.24) is 0 Å². The van der Waals surface area contributed by atoms with E-state index in [4.69, 9.17) is 0 Å². The van der Waals surface area contributed by atoms with Crippen molar-refractivity contribution in [3.8, 4) is 0 Å². The molecule has 0 saturated heterocycles. The summed E-state index contributed by atoms with van der Waals surface area (Å²) >= 11 is 0. The number of carboxylic acid groups (broad SMARTS) is 1. The molecular formula is C19H26O3. The van der Waals surface area contributed by atoms with Gasteiger partial charge in [-0.15, -0.1) is 0 Å². The molecule has 1 aromatic rings. The number of carbonyl (C=O) groups excluding carboxylic acids is 1. The average Bonchev–Trinajstić information content (AvgIpc) is 2.70. The summed E-state index contributed by atoms with van der Waals surface area (Å²) in [7, 11) is 0. The Labute approximate surface area is 132 Å². The van der Waals surface area contributed by atoms with Crippen molar-refractivity contribution in [3.05, 3.63) is 34.4 Å². The number of aliphatic carboxylic acids is 1. The molecule has 0 heterocycles. The Morgan fingerprint density at radius 1 is 1.14 bits per heavy atom. The number of hydrogen-bond acceptors (Lipinski definition) is 2. The summed E-state index contributed by atoms with van der Waals surface area (Å²) in [4.78, 5) is 24.3. The van der Waals surface area contributed by atoms with Crippen LogP contribution in [0.15, 0.2) is 12.1 Å². The number of aryl methyl sites for hydroxylation is 3. The standard InChI is InChI=1S/C19H26O3/c1-10-6-12(3)15(13(4)7-10)9-17(20)18-14(5)11(2)8-16(18)19(21)22/h6-7,11,14,16,18H,8-9H2,1-5H3,(H,21,22). The minimum Gasteiger partial charge on any atom is -0.481 e. The molecule has 1 N–H and O–H groups in total. The van der Waals surface area contributed by atoms with Crippen molar-refractivity contribution in [2.24, 2.45) is 23.7 Å². The quantitative estimate of drug-likeness (QED) is 0.922. The second-order valence-electron chi connectivity index (χ2n) is 7.06. The fourth-order valence-corrected chi connectivity index (χ4v) is 4.04. The molecule has 0 aliphatic heterocycles. The van der Waals surface area contributed by atoms with Crippen LogP contribution >= 0.6 is 0 Å². The zero-order valence-electron chi connectivity index (χ0n) is 14.1. The van der Waals surface area contributed by atoms with Gasteiger partial charge in [0.25, 0.3) is 0 Å². The van der Waals surface area contributed by atoms with Crippen molar-refractivity contribution in [2.75, 3.05) is 0 Å². The minimum atomic E-state index is -0.827. The van der Waals surface area contributed by atoms with Gasteiger partial charge in [-0.2, -0.15) is 0 Å². The Hall–Kier alpha value is -1.64. The molecule has 3 nitrogen and oxygen atoms in total. The Morgan fingerprint density at radius 3 is 2.18 bits per heavy atom. The van der Waals surface area contributed by atoms with Gasteiger partial charge in [-0.1, -0.05) is 31.5 Å². The lowest BCUT2D eigenvalue weighted by atomic mass is 9.82. The summed E-state index contributed by atoms with van der Waals surface area (Å²) < 4.78 is 0. The molecule has 1 fully saturated rings. The van der Waals surface area contributed by atoms with Gasteiger partial charge >= 0.3 is 5.97 Å². The average molecular weight is 302 g/mol. The lowest BCUT2D eigenvalue weighted by Gasteiger charge is -2.21. The molecule has 0 radical (unpaired) electrons. The molecule has 120 valence electrons. The van der Waals surface area contributed by atoms with Crippen LogP contribution in [-0.2, 0) is 16.0 Å². The van der Waals surface area contributed by atoms with Gasteiger partial charge in [0.05, 0.1) is 5.92 Å². The maximum absolute atomic E-state index is 12.8. The van der Waals surface area contributed by atoms with Crippen LogP contribution in [0.2, 0.25) is 0 Å². The first-order chi connectivity index (χ1) is 10.2. The van der Waals surface area contributed by atoms with Gasteiger partial charge in [-0.25, -0.2) is 0 Å². The number of carboxylic acids is 1. The van der Waals surface area contributed by atoms with Crippen LogP contribution in [0, 0.1) is 44.4 Å². The van der Waals surface area contributed by atoms with Crippen molar-refractivity contribution in [2.45, 2.75) is 47.5 Å². The Bertz CT molecular complexity index is 580. The predicted octanol–water partition coefficient (Wildman–Crippen LogP) is 3.72. The molecule has 2 rings (SSSR count). The molecule has 0 spiro atoms. The van der Waals surface area contributed by atoms with Gasteiger partial charge in [0, 0.05) is 12.3 Å². The van der Waals surface area contributed by atoms with E-state index in [2.05, 4.69) is 19.1 Å². The van der Waals surface area contributed by atoms with Crippen molar-refractivity contribution in [3.63, 3.8) is 0 Å². The number of Topliss-reactive ketones (excluding diaryl/α,β-unsaturated/α-hetero) is 1. The number of benzene rings is 1. The molecule has 4 atom stereocenters. The zero-order valence-corrected chi connectivity index (χ0v) is 14.1. The van der Waals surface area contributed by atoms with E-state index in [1.165, 1.54) is 5.56 Å². The van der Waals surface area contributed by atoms with Gasteiger partial charge < -0.3 is 5.11 Å². The highest BCUT2D eigenvalue weighted by Gasteiger charge is 2.45. The van der Waals surface area contributed by atoms with E-state index < -0.39 is 11.9 Å². The third-order valence-corrected chi connectivity index (χ3v) is 5.40. The number of rotatable bonds is 4. The van der Waals surface area contributed by atoms with E-state index in [-0.39, 0.29) is 23.5 Å². The summed E-state index contributed by atoms with van der Waals surface area (Å²) in [6.07, 6.45) is 0.961. The highest BCUT2D eigenvalue weighted by Crippen LogP contribution is 2.42. The van der Waals surface area contributed by atoms with E-state index in [0.717, 1.165) is 16.7 Å². The maximum Gasteiger partial charge on any atom is 0.307 e. The minimum absolute atomic E-state index is 0.0827. The van der Waals surface area contributed by atoms with Crippen LogP contribution in [0.5, 0.6) is 0 Å². The second kappa shape index (κ2) is 6.23. The molecular weight excluding hydrogens is 276 g/mol. The molecule has 1 aromatic carbocycles. The number of hydrogen-bond donors (Lipinski definition) is 1. The highest BCUT2D eigenvalue weighted by molar-refractivity contribution is 5.89. The van der Waals surface area contributed by atoms with Gasteiger partial charge in [0.15, 0.2) is 0 Å². The molecule has 3 heteroatoms. The first-order valence-corrected chi connectivity index (χ1v) is 8.04. The molecule has 1 saturated carbocycles. The van der Waals surface area contributed by atoms with Crippen LogP contribution in [0.4, 0.5) is 0 Å². The van der Waals surface area contributed by atoms with E-state index in [9.17, 15) is 14.7 Å². The molecule has 0 bridgehead atoms. The molecule has 1 aliphatic carbocycles. The summed E-state index contributed by atoms with van der Waals surface area (Å²) in [5.74, 6) is -1.20. The van der Waals surface area contributed by atoms with Crippen LogP contribution in [0.1, 0.15) is 42.5 Å². The van der Waals surface area contributed by atoms with E-state index in [1.54, 1.807) is 0 Å². The second-order valence-corrected chi connectivity index (χ2v) is 7.06. The van der Waals surface area contributed by atoms with Crippen LogP contribution < -0.4 is 0 Å². The lowest BCUT2D eigenvalue weighted by molar-refractivity contribution is -0.146. The fraction of sp³-hybridized carbons (Fsp3) is 0.579. The number of ketones is 1. The van der Waals surface area contributed by atoms with Crippen LogP contribution in [0.25, 0.3) is 0 Å². The van der Waals surface area contributed by atoms with Gasteiger partial charge in [0.2, 0.25) is 0 Å². The van der Waals surface area contributed by atoms with Crippen molar-refractivity contribution in [1.29, 1.82) is 0 Å². The topological polar surface area (TPSA) is 54.4 Å². The Kier molecular flexibility index (Phi) is 4.74. The fourth-order valence-electron chi connectivity index (χ4n) is 4.04. The highest BCUT2D eigenvalue weighted by atomic mass is 16.4. The van der Waals surface area contributed by atoms with E-state index >= 15 is 0 Å². The smallest absolute Gasteiger partial charge is 0.307 e. The summed E-state index contributed by atoms with van der Waals surface area (Å²) in [6.45, 7) is 10.2. The monoisotopic (exact) mass is 302 g/mol. The largest absolute Gasteiger partial charge is 0.481 e. The van der Waals surface area contributed by atoms with E-state index in [1.807, 2.05) is 27.7 Å². The van der Waals surface area contributed by atoms with Crippen molar-refractivity contribution < 1.29 is 14.7 Å². The third kappa shape index (κ3) is 3.08. The SMILES string of the molecule is Cc1cc(C)c(CC(=O)C2C(C(=O)O)CC(C)C2C)c(C)c1. The summed E-state index contributed by atoms with van der Waals surface area (Å²) in [5.41, 5.74) is 4.50. The first kappa shape index (κ1) is 16.7. The van der Waals surface area contributed by atoms with Gasteiger partial charge in [0.1, 0.15) is 5.78 Å². The maximum atomic E-state index is 12.8. The zero-order chi connectivity index (χ0) is 16.6. The molecule has 0 aromatic heterocycles. The summed E-state index contributed by atoms with van der Waals surface area (Å²) in [5, 5.41) is 9.43. The molecule has 22 heavy (non-hydrogen) atoms.